The molecular formula is C15H21N3. The molecule has 0 bridgehead atoms. The molecule has 0 aliphatic heterocycles. The molecule has 96 valence electrons. The molecule has 1 aliphatic carbocycles. The van der Waals surface area contributed by atoms with Crippen molar-refractivity contribution in [3.63, 3.8) is 0 Å². The van der Waals surface area contributed by atoms with E-state index in [1.165, 1.54) is 35.9 Å². The first-order valence-electron chi connectivity index (χ1n) is 6.82. The van der Waals surface area contributed by atoms with Crippen molar-refractivity contribution in [3.8, 4) is 0 Å². The number of nitrogens with zero attached hydrogens (tertiary/aromatic N) is 1. The Labute approximate surface area is 108 Å². The number of para-hydroxylation sites is 1. The lowest BCUT2D eigenvalue weighted by Crippen LogP contribution is -2.42. The van der Waals surface area contributed by atoms with Gasteiger partial charge in [-0.25, -0.2) is 0 Å². The second-order valence-corrected chi connectivity index (χ2v) is 5.37. The van der Waals surface area contributed by atoms with Crippen LogP contribution in [0.4, 0.5) is 5.69 Å². The third-order valence-electron chi connectivity index (χ3n) is 4.06. The Bertz CT molecular complexity index is 544. The van der Waals surface area contributed by atoms with Crippen LogP contribution >= 0.6 is 0 Å². The van der Waals surface area contributed by atoms with E-state index in [1.807, 2.05) is 0 Å². The molecule has 3 heteroatoms. The van der Waals surface area contributed by atoms with Crippen LogP contribution < -0.4 is 11.1 Å². The number of rotatable bonds is 2. The standard InChI is InChI=1S/C15H21N3/c1-18-10-14(11-6-2-5-9-15(11)18)17-13-8-4-3-7-12(13)16/h2,5-6,9-10,12-13,17H,3-4,7-8,16H2,1H3. The number of nitrogens with one attached hydrogen (secondary N) is 1. The second-order valence-electron chi connectivity index (χ2n) is 5.37. The van der Waals surface area contributed by atoms with Crippen LogP contribution in [0, 0.1) is 0 Å². The molecule has 3 rings (SSSR count). The Morgan fingerprint density at radius 1 is 1.22 bits per heavy atom. The normalized spacial score (nSPS) is 24.3. The van der Waals surface area contributed by atoms with Crippen molar-refractivity contribution < 1.29 is 0 Å². The van der Waals surface area contributed by atoms with Gasteiger partial charge in [-0.05, 0) is 18.9 Å². The van der Waals surface area contributed by atoms with Gasteiger partial charge in [0, 0.05) is 36.2 Å². The Morgan fingerprint density at radius 2 is 2.00 bits per heavy atom. The van der Waals surface area contributed by atoms with Gasteiger partial charge in [-0.3, -0.25) is 0 Å². The monoisotopic (exact) mass is 243 g/mol. The topological polar surface area (TPSA) is 43.0 Å². The summed E-state index contributed by atoms with van der Waals surface area (Å²) in [5.74, 6) is 0. The molecule has 0 radical (unpaired) electrons. The molecule has 1 aliphatic rings. The fourth-order valence-corrected chi connectivity index (χ4v) is 3.00. The fourth-order valence-electron chi connectivity index (χ4n) is 3.00. The van der Waals surface area contributed by atoms with Crippen LogP contribution in [0.3, 0.4) is 0 Å². The van der Waals surface area contributed by atoms with Gasteiger partial charge in [0.2, 0.25) is 0 Å². The van der Waals surface area contributed by atoms with Crippen LogP contribution in [-0.2, 0) is 7.05 Å². The van der Waals surface area contributed by atoms with Crippen molar-refractivity contribution >= 4 is 16.6 Å². The second kappa shape index (κ2) is 4.65. The van der Waals surface area contributed by atoms with Gasteiger partial charge in [-0.2, -0.15) is 0 Å². The van der Waals surface area contributed by atoms with Crippen LogP contribution in [-0.4, -0.2) is 16.7 Å². The zero-order valence-electron chi connectivity index (χ0n) is 10.9. The van der Waals surface area contributed by atoms with Crippen molar-refractivity contribution in [3.05, 3.63) is 30.5 Å². The van der Waals surface area contributed by atoms with Crippen molar-refractivity contribution in [1.82, 2.24) is 4.57 Å². The summed E-state index contributed by atoms with van der Waals surface area (Å²) in [6, 6.07) is 9.21. The Hall–Kier alpha value is -1.48. The first-order chi connectivity index (χ1) is 8.75. The first-order valence-corrected chi connectivity index (χ1v) is 6.82. The van der Waals surface area contributed by atoms with Crippen LogP contribution in [0.1, 0.15) is 25.7 Å². The van der Waals surface area contributed by atoms with Gasteiger partial charge < -0.3 is 15.6 Å². The first kappa shape index (κ1) is 11.6. The maximum absolute atomic E-state index is 6.21. The summed E-state index contributed by atoms with van der Waals surface area (Å²) in [6.45, 7) is 0. The zero-order chi connectivity index (χ0) is 12.5. The average Bonchev–Trinajstić information content (AvgIpc) is 2.70. The summed E-state index contributed by atoms with van der Waals surface area (Å²) in [5.41, 5.74) is 8.69. The molecule has 2 atom stereocenters. The van der Waals surface area contributed by atoms with Crippen LogP contribution in [0.25, 0.3) is 10.9 Å². The van der Waals surface area contributed by atoms with E-state index < -0.39 is 0 Å². The number of hydrogen-bond donors (Lipinski definition) is 2. The molecule has 0 amide bonds. The molecule has 18 heavy (non-hydrogen) atoms. The average molecular weight is 243 g/mol. The molecule has 3 nitrogen and oxygen atoms in total. The number of nitrogens with two attached hydrogens (primary N) is 1. The molecule has 0 spiro atoms. The smallest absolute Gasteiger partial charge is 0.0602 e. The molecular weight excluding hydrogens is 222 g/mol. The summed E-state index contributed by atoms with van der Waals surface area (Å²) in [5, 5.41) is 4.94. The van der Waals surface area contributed by atoms with Crippen LogP contribution in [0.2, 0.25) is 0 Å². The van der Waals surface area contributed by atoms with E-state index in [9.17, 15) is 0 Å². The van der Waals surface area contributed by atoms with E-state index in [0.29, 0.717) is 6.04 Å². The summed E-state index contributed by atoms with van der Waals surface area (Å²) in [4.78, 5) is 0. The molecule has 0 saturated heterocycles. The van der Waals surface area contributed by atoms with Gasteiger partial charge in [0.1, 0.15) is 0 Å². The SMILES string of the molecule is Cn1cc(NC2CCCCC2N)c2ccccc21. The predicted molar refractivity (Wildman–Crippen MR) is 76.8 cm³/mol. The highest BCUT2D eigenvalue weighted by Crippen LogP contribution is 2.28. The number of benzene rings is 1. The van der Waals surface area contributed by atoms with E-state index in [2.05, 4.69) is 47.4 Å². The third kappa shape index (κ3) is 1.99. The van der Waals surface area contributed by atoms with Crippen LogP contribution in [0.5, 0.6) is 0 Å². The number of aromatic nitrogens is 1. The quantitative estimate of drug-likeness (QED) is 0.851. The Kier molecular flexibility index (Phi) is 3.00. The van der Waals surface area contributed by atoms with E-state index in [4.69, 9.17) is 5.73 Å². The highest BCUT2D eigenvalue weighted by molar-refractivity contribution is 5.93. The minimum atomic E-state index is 0.290. The van der Waals surface area contributed by atoms with E-state index >= 15 is 0 Å². The summed E-state index contributed by atoms with van der Waals surface area (Å²) in [6.07, 6.45) is 7.06. The maximum atomic E-state index is 6.21. The van der Waals surface area contributed by atoms with E-state index in [-0.39, 0.29) is 6.04 Å². The lowest BCUT2D eigenvalue weighted by atomic mass is 9.91. The molecule has 1 fully saturated rings. The van der Waals surface area contributed by atoms with Gasteiger partial charge in [-0.1, -0.05) is 31.0 Å². The lowest BCUT2D eigenvalue weighted by molar-refractivity contribution is 0.404. The van der Waals surface area contributed by atoms with Gasteiger partial charge in [0.15, 0.2) is 0 Å². The fraction of sp³-hybridized carbons (Fsp3) is 0.467. The summed E-state index contributed by atoms with van der Waals surface area (Å²) < 4.78 is 2.17. The van der Waals surface area contributed by atoms with Gasteiger partial charge in [-0.15, -0.1) is 0 Å². The van der Waals surface area contributed by atoms with Crippen molar-refractivity contribution in [2.75, 3.05) is 5.32 Å². The molecule has 2 aromatic rings. The minimum absolute atomic E-state index is 0.290. The number of hydrogen-bond acceptors (Lipinski definition) is 2. The highest BCUT2D eigenvalue weighted by atomic mass is 15.0. The lowest BCUT2D eigenvalue weighted by Gasteiger charge is -2.29. The van der Waals surface area contributed by atoms with Gasteiger partial charge in [0.05, 0.1) is 5.69 Å². The predicted octanol–water partition coefficient (Wildman–Crippen LogP) is 2.86. The maximum Gasteiger partial charge on any atom is 0.0602 e. The van der Waals surface area contributed by atoms with Gasteiger partial charge in [0.25, 0.3) is 0 Å². The Morgan fingerprint density at radius 3 is 2.83 bits per heavy atom. The summed E-state index contributed by atoms with van der Waals surface area (Å²) >= 11 is 0. The summed E-state index contributed by atoms with van der Waals surface area (Å²) in [7, 11) is 2.09. The molecule has 1 heterocycles. The molecule has 1 saturated carbocycles. The number of aryl methyl sites for hydroxylation is 1. The van der Waals surface area contributed by atoms with Crippen molar-refractivity contribution in [1.29, 1.82) is 0 Å². The van der Waals surface area contributed by atoms with E-state index in [1.54, 1.807) is 0 Å². The highest BCUT2D eigenvalue weighted by Gasteiger charge is 2.22. The number of fused-ring (bicyclic) bond motifs is 1. The largest absolute Gasteiger partial charge is 0.379 e. The molecule has 1 aromatic carbocycles. The van der Waals surface area contributed by atoms with Gasteiger partial charge >= 0.3 is 0 Å². The number of anilines is 1. The van der Waals surface area contributed by atoms with Crippen LogP contribution in [0.15, 0.2) is 30.5 Å². The molecule has 1 aromatic heterocycles. The molecule has 2 unspecified atom stereocenters. The third-order valence-corrected chi connectivity index (χ3v) is 4.06. The zero-order valence-corrected chi connectivity index (χ0v) is 10.9. The minimum Gasteiger partial charge on any atom is -0.379 e. The van der Waals surface area contributed by atoms with Crippen molar-refractivity contribution in [2.24, 2.45) is 12.8 Å². The Balaban J connectivity index is 1.90. The van der Waals surface area contributed by atoms with E-state index in [0.717, 1.165) is 6.42 Å². The molecule has 3 N–H and O–H groups in total. The van der Waals surface area contributed by atoms with Crippen molar-refractivity contribution in [2.45, 2.75) is 37.8 Å².